The monoisotopic (exact) mass is 283 g/mol. The van der Waals surface area contributed by atoms with Gasteiger partial charge in [0, 0.05) is 21.0 Å². The van der Waals surface area contributed by atoms with Crippen LogP contribution in [-0.2, 0) is 4.79 Å². The fourth-order valence-electron chi connectivity index (χ4n) is 1.26. The summed E-state index contributed by atoms with van der Waals surface area (Å²) in [6.07, 6.45) is 3.47. The van der Waals surface area contributed by atoms with Gasteiger partial charge in [-0.15, -0.1) is 0 Å². The number of halogens is 1. The predicted molar refractivity (Wildman–Crippen MR) is 61.0 cm³/mol. The molecule has 1 aliphatic heterocycles. The third-order valence-corrected chi connectivity index (χ3v) is 2.54. The lowest BCUT2D eigenvalue weighted by Gasteiger charge is -2.12. The largest absolute Gasteiger partial charge is 0.361 e. The van der Waals surface area contributed by atoms with Crippen molar-refractivity contribution in [2.75, 3.05) is 5.32 Å². The van der Waals surface area contributed by atoms with Crippen LogP contribution in [0.25, 0.3) is 5.57 Å². The molecule has 0 amide bonds. The van der Waals surface area contributed by atoms with Crippen molar-refractivity contribution in [3.63, 3.8) is 0 Å². The average Bonchev–Trinajstić information content (AvgIpc) is 2.17. The number of hydrogen-bond donors (Lipinski definition) is 1. The number of fused-ring (bicyclic) bond motifs is 1. The number of carbonyl (C=O) groups excluding carboxylic acids is 1. The minimum absolute atomic E-state index is 0.604. The van der Waals surface area contributed by atoms with Gasteiger partial charge in [0.05, 0.1) is 5.57 Å². The van der Waals surface area contributed by atoms with Crippen LogP contribution in [0, 0.1) is 3.57 Å². The molecule has 0 aliphatic carbocycles. The number of allylic oxidation sites excluding steroid dienone is 2. The molecule has 2 nitrogen and oxygen atoms in total. The van der Waals surface area contributed by atoms with Gasteiger partial charge in [-0.3, -0.25) is 0 Å². The van der Waals surface area contributed by atoms with E-state index in [4.69, 9.17) is 0 Å². The molecule has 0 unspecified atom stereocenters. The molecule has 0 fully saturated rings. The van der Waals surface area contributed by atoms with Crippen LogP contribution < -0.4 is 5.32 Å². The fourth-order valence-corrected chi connectivity index (χ4v) is 1.75. The van der Waals surface area contributed by atoms with E-state index in [1.807, 2.05) is 24.1 Å². The maximum Gasteiger partial charge on any atom is 0.133 e. The standard InChI is InChI=1S/C10H6INO/c11-8-1-2-10-9(5-8)7(6-13)3-4-12-10/h1-5,12H. The summed E-state index contributed by atoms with van der Waals surface area (Å²) in [5.74, 6) is 1.92. The summed E-state index contributed by atoms with van der Waals surface area (Å²) in [5, 5.41) is 3.07. The van der Waals surface area contributed by atoms with Crippen molar-refractivity contribution >= 4 is 39.8 Å². The molecule has 3 heteroatoms. The van der Waals surface area contributed by atoms with E-state index in [1.54, 1.807) is 12.3 Å². The molecule has 1 N–H and O–H groups in total. The third kappa shape index (κ3) is 1.53. The van der Waals surface area contributed by atoms with Gasteiger partial charge >= 0.3 is 0 Å². The first-order chi connectivity index (χ1) is 6.31. The van der Waals surface area contributed by atoms with Gasteiger partial charge < -0.3 is 5.32 Å². The molecule has 0 aromatic heterocycles. The van der Waals surface area contributed by atoms with Gasteiger partial charge in [0.25, 0.3) is 0 Å². The Hall–Kier alpha value is -1.06. The molecule has 1 aromatic carbocycles. The first kappa shape index (κ1) is 8.53. The molecule has 64 valence electrons. The molecule has 0 spiro atoms. The summed E-state index contributed by atoms with van der Waals surface area (Å²) in [5.41, 5.74) is 2.48. The second kappa shape index (κ2) is 3.36. The first-order valence-electron chi connectivity index (χ1n) is 3.79. The van der Waals surface area contributed by atoms with Crippen molar-refractivity contribution in [3.05, 3.63) is 39.6 Å². The number of nitrogens with one attached hydrogen (secondary N) is 1. The van der Waals surface area contributed by atoms with E-state index in [-0.39, 0.29) is 0 Å². The summed E-state index contributed by atoms with van der Waals surface area (Å²) < 4.78 is 1.11. The SMILES string of the molecule is O=C=C1C=CNc2ccc(I)cc21. The molecule has 0 atom stereocenters. The second-order valence-corrected chi connectivity index (χ2v) is 3.93. The number of hydrogen-bond acceptors (Lipinski definition) is 2. The number of anilines is 1. The number of rotatable bonds is 0. The Morgan fingerprint density at radius 1 is 1.38 bits per heavy atom. The Morgan fingerprint density at radius 2 is 2.23 bits per heavy atom. The van der Waals surface area contributed by atoms with Crippen LogP contribution in [0.1, 0.15) is 5.56 Å². The Kier molecular flexibility index (Phi) is 2.20. The zero-order valence-electron chi connectivity index (χ0n) is 6.67. The van der Waals surface area contributed by atoms with E-state index in [9.17, 15) is 4.79 Å². The van der Waals surface area contributed by atoms with Gasteiger partial charge in [0.15, 0.2) is 0 Å². The van der Waals surface area contributed by atoms with Gasteiger partial charge in [0.2, 0.25) is 0 Å². The van der Waals surface area contributed by atoms with Crippen molar-refractivity contribution < 1.29 is 4.79 Å². The van der Waals surface area contributed by atoms with Crippen molar-refractivity contribution in [2.45, 2.75) is 0 Å². The van der Waals surface area contributed by atoms with Gasteiger partial charge in [-0.1, -0.05) is 0 Å². The summed E-state index contributed by atoms with van der Waals surface area (Å²) in [6, 6.07) is 5.92. The predicted octanol–water partition coefficient (Wildman–Crippen LogP) is 2.45. The van der Waals surface area contributed by atoms with E-state index in [0.717, 1.165) is 14.8 Å². The smallest absolute Gasteiger partial charge is 0.133 e. The van der Waals surface area contributed by atoms with E-state index < -0.39 is 0 Å². The van der Waals surface area contributed by atoms with Crippen LogP contribution in [0.4, 0.5) is 5.69 Å². The Labute approximate surface area is 89.5 Å². The molecule has 0 radical (unpaired) electrons. The number of benzene rings is 1. The van der Waals surface area contributed by atoms with E-state index in [0.29, 0.717) is 5.57 Å². The molecule has 2 rings (SSSR count). The third-order valence-electron chi connectivity index (χ3n) is 1.87. The Balaban J connectivity index is 2.66. The summed E-state index contributed by atoms with van der Waals surface area (Å²) in [7, 11) is 0. The Bertz CT molecular complexity index is 431. The van der Waals surface area contributed by atoms with Gasteiger partial charge in [-0.05, 0) is 46.9 Å². The second-order valence-electron chi connectivity index (χ2n) is 2.68. The van der Waals surface area contributed by atoms with E-state index >= 15 is 0 Å². The molecule has 1 aliphatic rings. The molecule has 0 saturated heterocycles. The molecule has 13 heavy (non-hydrogen) atoms. The van der Waals surface area contributed by atoms with Crippen LogP contribution in [0.5, 0.6) is 0 Å². The summed E-state index contributed by atoms with van der Waals surface area (Å²) in [6.45, 7) is 0. The van der Waals surface area contributed by atoms with Crippen LogP contribution in [0.3, 0.4) is 0 Å². The normalized spacial score (nSPS) is 13.2. The zero-order valence-corrected chi connectivity index (χ0v) is 8.83. The fraction of sp³-hybridized carbons (Fsp3) is 0. The quantitative estimate of drug-likeness (QED) is 0.585. The molecule has 1 heterocycles. The van der Waals surface area contributed by atoms with Crippen molar-refractivity contribution in [2.24, 2.45) is 0 Å². The van der Waals surface area contributed by atoms with Crippen molar-refractivity contribution in [1.82, 2.24) is 0 Å². The van der Waals surface area contributed by atoms with E-state index in [2.05, 4.69) is 27.9 Å². The molecule has 1 aromatic rings. The van der Waals surface area contributed by atoms with Crippen LogP contribution >= 0.6 is 22.6 Å². The molecule has 0 bridgehead atoms. The van der Waals surface area contributed by atoms with Crippen LogP contribution in [0.2, 0.25) is 0 Å². The highest BCUT2D eigenvalue weighted by Crippen LogP contribution is 2.28. The maximum absolute atomic E-state index is 10.6. The van der Waals surface area contributed by atoms with Crippen molar-refractivity contribution in [3.8, 4) is 0 Å². The van der Waals surface area contributed by atoms with Crippen LogP contribution in [-0.4, -0.2) is 5.94 Å². The Morgan fingerprint density at radius 3 is 3.00 bits per heavy atom. The minimum Gasteiger partial charge on any atom is -0.361 e. The molecular formula is C10H6INO. The maximum atomic E-state index is 10.6. The van der Waals surface area contributed by atoms with Crippen molar-refractivity contribution in [1.29, 1.82) is 0 Å². The van der Waals surface area contributed by atoms with Gasteiger partial charge in [-0.25, -0.2) is 4.79 Å². The lowest BCUT2D eigenvalue weighted by molar-refractivity contribution is 0.569. The van der Waals surface area contributed by atoms with Gasteiger partial charge in [-0.2, -0.15) is 0 Å². The lowest BCUT2D eigenvalue weighted by Crippen LogP contribution is -1.99. The minimum atomic E-state index is 0.604. The summed E-state index contributed by atoms with van der Waals surface area (Å²) in [4.78, 5) is 10.6. The zero-order chi connectivity index (χ0) is 9.26. The highest BCUT2D eigenvalue weighted by Gasteiger charge is 2.09. The highest BCUT2D eigenvalue weighted by molar-refractivity contribution is 14.1. The lowest BCUT2D eigenvalue weighted by atomic mass is 10.0. The molecular weight excluding hydrogens is 277 g/mol. The van der Waals surface area contributed by atoms with Gasteiger partial charge in [0.1, 0.15) is 5.94 Å². The first-order valence-corrected chi connectivity index (χ1v) is 4.87. The molecule has 0 saturated carbocycles. The highest BCUT2D eigenvalue weighted by atomic mass is 127. The topological polar surface area (TPSA) is 29.1 Å². The van der Waals surface area contributed by atoms with E-state index in [1.165, 1.54) is 0 Å². The average molecular weight is 283 g/mol. The van der Waals surface area contributed by atoms with Crippen LogP contribution in [0.15, 0.2) is 30.5 Å². The summed E-state index contributed by atoms with van der Waals surface area (Å²) >= 11 is 2.22.